The molecule has 0 atom stereocenters. The second-order valence-electron chi connectivity index (χ2n) is 5.96. The second-order valence-corrected chi connectivity index (χ2v) is 5.96. The molecule has 1 heterocycles. The number of hydrogen-bond donors (Lipinski definition) is 0. The third kappa shape index (κ3) is 3.20. The number of imide groups is 1. The van der Waals surface area contributed by atoms with Crippen LogP contribution < -0.4 is 0 Å². The van der Waals surface area contributed by atoms with Crippen molar-refractivity contribution in [3.05, 3.63) is 35.4 Å². The first kappa shape index (κ1) is 16.3. The van der Waals surface area contributed by atoms with Gasteiger partial charge in [-0.2, -0.15) is 0 Å². The first-order chi connectivity index (χ1) is 10.4. The van der Waals surface area contributed by atoms with Gasteiger partial charge in [-0.15, -0.1) is 0 Å². The van der Waals surface area contributed by atoms with Gasteiger partial charge in [-0.25, -0.2) is 0 Å². The smallest absolute Gasteiger partial charge is 0.262 e. The van der Waals surface area contributed by atoms with Gasteiger partial charge in [0.2, 0.25) is 0 Å². The molecule has 0 bridgehead atoms. The second kappa shape index (κ2) is 6.76. The molecule has 0 radical (unpaired) electrons. The van der Waals surface area contributed by atoms with E-state index in [1.165, 1.54) is 4.90 Å². The molecule has 2 rings (SSSR count). The fraction of sp³-hybridized carbons (Fsp3) is 0.444. The molecule has 0 spiro atoms. The van der Waals surface area contributed by atoms with Crippen molar-refractivity contribution in [3.63, 3.8) is 0 Å². The van der Waals surface area contributed by atoms with Gasteiger partial charge in [-0.3, -0.25) is 19.4 Å². The zero-order valence-electron chi connectivity index (χ0n) is 13.6. The molecule has 116 valence electrons. The molecule has 0 N–H and O–H groups in total. The summed E-state index contributed by atoms with van der Waals surface area (Å²) in [4.78, 5) is 27.8. The van der Waals surface area contributed by atoms with E-state index in [0.29, 0.717) is 29.8 Å². The number of rotatable bonds is 4. The molecule has 2 amide bonds. The molecular formula is C18H22N2O2. The van der Waals surface area contributed by atoms with Gasteiger partial charge in [0.25, 0.3) is 11.8 Å². The Balaban J connectivity index is 2.01. The van der Waals surface area contributed by atoms with Crippen LogP contribution in [0.3, 0.4) is 0 Å². The fourth-order valence-corrected chi connectivity index (χ4v) is 2.63. The van der Waals surface area contributed by atoms with Crippen molar-refractivity contribution in [2.24, 2.45) is 0 Å². The molecule has 0 saturated heterocycles. The number of carbonyl (C=O) groups is 2. The van der Waals surface area contributed by atoms with E-state index < -0.39 is 0 Å². The van der Waals surface area contributed by atoms with Crippen molar-refractivity contribution < 1.29 is 9.59 Å². The number of fused-ring (bicyclic) bond motifs is 1. The van der Waals surface area contributed by atoms with Crippen molar-refractivity contribution in [2.75, 3.05) is 13.1 Å². The summed E-state index contributed by atoms with van der Waals surface area (Å²) in [5.41, 5.74) is 0.945. The highest BCUT2D eigenvalue weighted by atomic mass is 16.2. The molecular weight excluding hydrogens is 276 g/mol. The Morgan fingerprint density at radius 2 is 1.45 bits per heavy atom. The van der Waals surface area contributed by atoms with Crippen LogP contribution in [-0.4, -0.2) is 46.8 Å². The maximum Gasteiger partial charge on any atom is 0.262 e. The highest BCUT2D eigenvalue weighted by molar-refractivity contribution is 6.21. The Morgan fingerprint density at radius 3 is 1.91 bits per heavy atom. The van der Waals surface area contributed by atoms with Crippen molar-refractivity contribution in [1.82, 2.24) is 9.80 Å². The van der Waals surface area contributed by atoms with Crippen LogP contribution in [0.4, 0.5) is 0 Å². The Hall–Kier alpha value is -2.12. The minimum Gasteiger partial charge on any atom is -0.287 e. The number of amides is 2. The lowest BCUT2D eigenvalue weighted by molar-refractivity contribution is 0.0674. The molecule has 1 aliphatic heterocycles. The lowest BCUT2D eigenvalue weighted by Crippen LogP contribution is -2.37. The summed E-state index contributed by atoms with van der Waals surface area (Å²) >= 11 is 0. The molecule has 0 fully saturated rings. The average Bonchev–Trinajstić information content (AvgIpc) is 2.71. The number of nitrogens with zero attached hydrogens (tertiary/aromatic N) is 2. The lowest BCUT2D eigenvalue weighted by Gasteiger charge is -2.28. The molecule has 22 heavy (non-hydrogen) atoms. The van der Waals surface area contributed by atoms with Gasteiger partial charge >= 0.3 is 0 Å². The third-order valence-corrected chi connectivity index (χ3v) is 3.83. The van der Waals surface area contributed by atoms with E-state index in [0.717, 1.165) is 0 Å². The highest BCUT2D eigenvalue weighted by Gasteiger charge is 2.34. The number of benzene rings is 1. The first-order valence-electron chi connectivity index (χ1n) is 7.60. The predicted molar refractivity (Wildman–Crippen MR) is 86.6 cm³/mol. The monoisotopic (exact) mass is 298 g/mol. The Bertz CT molecular complexity index is 595. The third-order valence-electron chi connectivity index (χ3n) is 3.83. The topological polar surface area (TPSA) is 40.6 Å². The quantitative estimate of drug-likeness (QED) is 0.633. The van der Waals surface area contributed by atoms with Gasteiger partial charge in [0.1, 0.15) is 0 Å². The largest absolute Gasteiger partial charge is 0.287 e. The molecule has 0 unspecified atom stereocenters. The maximum absolute atomic E-state index is 12.2. The van der Waals surface area contributed by atoms with Crippen molar-refractivity contribution in [2.45, 2.75) is 39.8 Å². The molecule has 4 nitrogen and oxygen atoms in total. The molecule has 4 heteroatoms. The van der Waals surface area contributed by atoms with Crippen LogP contribution in [0, 0.1) is 11.8 Å². The van der Waals surface area contributed by atoms with Crippen LogP contribution in [0.25, 0.3) is 0 Å². The standard InChI is InChI=1S/C18H22N2O2/c1-13(2)19(14(3)4)11-7-8-12-20-17(21)15-9-5-6-10-16(15)18(20)22/h5-6,9-10,13-14H,11-12H2,1-4H3. The SMILES string of the molecule is CC(C)N(CC#CCN1C(=O)c2ccccc2C1=O)C(C)C. The zero-order valence-corrected chi connectivity index (χ0v) is 13.6. The van der Waals surface area contributed by atoms with Crippen LogP contribution in [0.1, 0.15) is 48.4 Å². The summed E-state index contributed by atoms with van der Waals surface area (Å²) in [6.45, 7) is 9.31. The normalized spacial score (nSPS) is 13.9. The Morgan fingerprint density at radius 1 is 0.955 bits per heavy atom. The van der Waals surface area contributed by atoms with Gasteiger partial charge in [0.05, 0.1) is 24.2 Å². The maximum atomic E-state index is 12.2. The van der Waals surface area contributed by atoms with Gasteiger partial charge < -0.3 is 0 Å². The summed E-state index contributed by atoms with van der Waals surface area (Å²) in [5.74, 6) is 5.53. The lowest BCUT2D eigenvalue weighted by atomic mass is 10.1. The van der Waals surface area contributed by atoms with Crippen molar-refractivity contribution >= 4 is 11.8 Å². The summed E-state index contributed by atoms with van der Waals surface area (Å²) < 4.78 is 0. The van der Waals surface area contributed by atoms with Crippen LogP contribution in [0.5, 0.6) is 0 Å². The fourth-order valence-electron chi connectivity index (χ4n) is 2.63. The molecule has 1 aliphatic rings. The van der Waals surface area contributed by atoms with E-state index in [2.05, 4.69) is 44.4 Å². The van der Waals surface area contributed by atoms with Gasteiger partial charge in [-0.1, -0.05) is 24.0 Å². The van der Waals surface area contributed by atoms with Crippen molar-refractivity contribution in [1.29, 1.82) is 0 Å². The summed E-state index contributed by atoms with van der Waals surface area (Å²) in [5, 5.41) is 0. The van der Waals surface area contributed by atoms with E-state index in [1.54, 1.807) is 24.3 Å². The summed E-state index contributed by atoms with van der Waals surface area (Å²) in [6, 6.07) is 7.72. The number of carbonyl (C=O) groups excluding carboxylic acids is 2. The Labute approximate surface area is 132 Å². The first-order valence-corrected chi connectivity index (χ1v) is 7.60. The van der Waals surface area contributed by atoms with E-state index in [9.17, 15) is 9.59 Å². The highest BCUT2D eigenvalue weighted by Crippen LogP contribution is 2.21. The molecule has 0 aliphatic carbocycles. The van der Waals surface area contributed by atoms with Crippen LogP contribution >= 0.6 is 0 Å². The van der Waals surface area contributed by atoms with Crippen molar-refractivity contribution in [3.8, 4) is 11.8 Å². The van der Waals surface area contributed by atoms with E-state index in [1.807, 2.05) is 0 Å². The summed E-state index contributed by atoms with van der Waals surface area (Å²) in [7, 11) is 0. The Kier molecular flexibility index (Phi) is 4.99. The molecule has 0 saturated carbocycles. The van der Waals surface area contributed by atoms with Crippen LogP contribution in [0.2, 0.25) is 0 Å². The van der Waals surface area contributed by atoms with Gasteiger partial charge in [0, 0.05) is 12.1 Å². The van der Waals surface area contributed by atoms with Crippen LogP contribution in [-0.2, 0) is 0 Å². The minimum atomic E-state index is -0.250. The van der Waals surface area contributed by atoms with E-state index in [-0.39, 0.29) is 18.4 Å². The van der Waals surface area contributed by atoms with Crippen LogP contribution in [0.15, 0.2) is 24.3 Å². The summed E-state index contributed by atoms with van der Waals surface area (Å²) in [6.07, 6.45) is 0. The molecule has 0 aromatic heterocycles. The number of hydrogen-bond acceptors (Lipinski definition) is 3. The van der Waals surface area contributed by atoms with E-state index in [4.69, 9.17) is 0 Å². The van der Waals surface area contributed by atoms with Gasteiger partial charge in [-0.05, 0) is 39.8 Å². The van der Waals surface area contributed by atoms with E-state index >= 15 is 0 Å². The van der Waals surface area contributed by atoms with Gasteiger partial charge in [0.15, 0.2) is 0 Å². The molecule has 1 aromatic rings. The average molecular weight is 298 g/mol. The predicted octanol–water partition coefficient (Wildman–Crippen LogP) is 2.40. The minimum absolute atomic E-state index is 0.149. The zero-order chi connectivity index (χ0) is 16.3. The molecule has 1 aromatic carbocycles.